The van der Waals surface area contributed by atoms with Gasteiger partial charge in [0.05, 0.1) is 5.60 Å². The number of esters is 1. The molecule has 2 N–H and O–H groups in total. The summed E-state index contributed by atoms with van der Waals surface area (Å²) in [5.74, 6) is -1.28. The van der Waals surface area contributed by atoms with Gasteiger partial charge in [-0.15, -0.1) is 0 Å². The van der Waals surface area contributed by atoms with E-state index >= 15 is 0 Å². The summed E-state index contributed by atoms with van der Waals surface area (Å²) < 4.78 is 5.40. The third kappa shape index (κ3) is 1.56. The summed E-state index contributed by atoms with van der Waals surface area (Å²) in [6, 6.07) is 0. The number of Topliss-reactive ketones (excluding diaryl/α,β-unsaturated/α-hetero) is 1. The van der Waals surface area contributed by atoms with Gasteiger partial charge in [-0.05, 0) is 33.1 Å². The Labute approximate surface area is 118 Å². The lowest BCUT2D eigenvalue weighted by Crippen LogP contribution is -2.62. The Kier molecular flexibility index (Phi) is 2.68. The topological polar surface area (TPSA) is 83.8 Å². The first kappa shape index (κ1) is 14.0. The monoisotopic (exact) mass is 282 g/mol. The van der Waals surface area contributed by atoms with Crippen LogP contribution < -0.4 is 0 Å². The largest absolute Gasteiger partial charge is 0.459 e. The van der Waals surface area contributed by atoms with Crippen LogP contribution in [0, 0.1) is 17.3 Å². The molecule has 0 radical (unpaired) electrons. The van der Waals surface area contributed by atoms with Gasteiger partial charge in [0, 0.05) is 23.7 Å². The van der Waals surface area contributed by atoms with Crippen molar-refractivity contribution in [1.29, 1.82) is 0 Å². The van der Waals surface area contributed by atoms with Gasteiger partial charge in [0.1, 0.15) is 11.9 Å². The second-order valence-corrected chi connectivity index (χ2v) is 7.34. The van der Waals surface area contributed by atoms with E-state index in [0.717, 1.165) is 0 Å². The fourth-order valence-electron chi connectivity index (χ4n) is 4.68. The minimum atomic E-state index is -1.51. The number of aliphatic hydroxyl groups is 2. The average molecular weight is 282 g/mol. The highest BCUT2D eigenvalue weighted by Crippen LogP contribution is 2.58. The van der Waals surface area contributed by atoms with Crippen LogP contribution in [0.2, 0.25) is 0 Å². The van der Waals surface area contributed by atoms with E-state index in [9.17, 15) is 19.8 Å². The number of ketones is 1. The first-order valence-corrected chi connectivity index (χ1v) is 7.30. The zero-order valence-electron chi connectivity index (χ0n) is 12.2. The lowest BCUT2D eigenvalue weighted by Gasteiger charge is -2.54. The molecule has 5 nitrogen and oxygen atoms in total. The van der Waals surface area contributed by atoms with Crippen molar-refractivity contribution in [2.75, 3.05) is 0 Å². The van der Waals surface area contributed by atoms with E-state index in [0.29, 0.717) is 25.7 Å². The molecule has 3 rings (SSSR count). The summed E-state index contributed by atoms with van der Waals surface area (Å²) >= 11 is 0. The summed E-state index contributed by atoms with van der Waals surface area (Å²) in [5.41, 5.74) is -3.22. The molecule has 0 aromatic heterocycles. The van der Waals surface area contributed by atoms with Gasteiger partial charge in [0.15, 0.2) is 5.60 Å². The predicted octanol–water partition coefficient (Wildman–Crippen LogP) is 0.809. The molecule has 0 aromatic rings. The van der Waals surface area contributed by atoms with E-state index < -0.39 is 34.6 Å². The predicted molar refractivity (Wildman–Crippen MR) is 69.7 cm³/mol. The van der Waals surface area contributed by atoms with E-state index in [1.165, 1.54) is 6.92 Å². The number of fused-ring (bicyclic) bond motifs is 3. The van der Waals surface area contributed by atoms with Crippen LogP contribution in [0.15, 0.2) is 0 Å². The van der Waals surface area contributed by atoms with Crippen molar-refractivity contribution < 1.29 is 24.5 Å². The molecule has 3 aliphatic rings. The molecular formula is C15H22O5. The minimum absolute atomic E-state index is 0.134. The molecule has 1 heterocycles. The first-order chi connectivity index (χ1) is 9.10. The number of carbonyl (C=O) groups is 2. The molecule has 5 heteroatoms. The van der Waals surface area contributed by atoms with Gasteiger partial charge in [-0.3, -0.25) is 4.79 Å². The highest BCUT2D eigenvalue weighted by atomic mass is 16.6. The van der Waals surface area contributed by atoms with Crippen LogP contribution in [-0.4, -0.2) is 39.3 Å². The van der Waals surface area contributed by atoms with E-state index in [4.69, 9.17) is 4.74 Å². The summed E-state index contributed by atoms with van der Waals surface area (Å²) in [6.45, 7) is 5.05. The molecule has 1 unspecified atom stereocenters. The van der Waals surface area contributed by atoms with Crippen molar-refractivity contribution in [3.8, 4) is 0 Å². The van der Waals surface area contributed by atoms with Gasteiger partial charge in [0.25, 0.3) is 0 Å². The highest BCUT2D eigenvalue weighted by molar-refractivity contribution is 5.87. The molecule has 1 aliphatic heterocycles. The van der Waals surface area contributed by atoms with Crippen molar-refractivity contribution in [2.24, 2.45) is 17.3 Å². The molecule has 20 heavy (non-hydrogen) atoms. The van der Waals surface area contributed by atoms with Crippen LogP contribution in [0.25, 0.3) is 0 Å². The number of hydrogen-bond acceptors (Lipinski definition) is 5. The van der Waals surface area contributed by atoms with Crippen molar-refractivity contribution >= 4 is 11.8 Å². The van der Waals surface area contributed by atoms with Crippen LogP contribution >= 0.6 is 0 Å². The SMILES string of the molecule is C[C@]1(O)CCC(=O)[C@]2(C)CC[C@@H]3[C@@H](OC(=O)[C@@]3(C)O)C12. The second kappa shape index (κ2) is 3.83. The normalized spacial score (nSPS) is 55.1. The Morgan fingerprint density at radius 3 is 2.45 bits per heavy atom. The second-order valence-electron chi connectivity index (χ2n) is 7.34. The van der Waals surface area contributed by atoms with Crippen LogP contribution in [0.3, 0.4) is 0 Å². The maximum Gasteiger partial charge on any atom is 0.338 e. The molecule has 0 amide bonds. The maximum atomic E-state index is 12.4. The average Bonchev–Trinajstić information content (AvgIpc) is 2.55. The Hall–Kier alpha value is -0.940. The van der Waals surface area contributed by atoms with Crippen LogP contribution in [0.5, 0.6) is 0 Å². The van der Waals surface area contributed by atoms with Gasteiger partial charge in [0.2, 0.25) is 0 Å². The van der Waals surface area contributed by atoms with E-state index in [-0.39, 0.29) is 11.7 Å². The maximum absolute atomic E-state index is 12.4. The summed E-state index contributed by atoms with van der Waals surface area (Å²) in [6.07, 6.45) is 1.32. The highest BCUT2D eigenvalue weighted by Gasteiger charge is 2.67. The zero-order chi connectivity index (χ0) is 14.9. The summed E-state index contributed by atoms with van der Waals surface area (Å²) in [7, 11) is 0. The molecule has 0 aromatic carbocycles. The molecule has 0 spiro atoms. The molecular weight excluding hydrogens is 260 g/mol. The summed E-state index contributed by atoms with van der Waals surface area (Å²) in [5, 5.41) is 21.1. The number of rotatable bonds is 0. The van der Waals surface area contributed by atoms with Gasteiger partial charge < -0.3 is 14.9 Å². The Bertz CT molecular complexity index is 481. The lowest BCUT2D eigenvalue weighted by molar-refractivity contribution is -0.187. The van der Waals surface area contributed by atoms with Gasteiger partial charge in [-0.25, -0.2) is 4.79 Å². The lowest BCUT2D eigenvalue weighted by atomic mass is 9.51. The fourth-order valence-corrected chi connectivity index (χ4v) is 4.68. The molecule has 2 saturated carbocycles. The molecule has 3 fully saturated rings. The Balaban J connectivity index is 2.06. The summed E-state index contributed by atoms with van der Waals surface area (Å²) in [4.78, 5) is 24.3. The van der Waals surface area contributed by atoms with E-state index in [2.05, 4.69) is 0 Å². The third-order valence-electron chi connectivity index (χ3n) is 5.93. The standard InChI is InChI=1S/C15H22O5/c1-13-6-4-8-10(20-12(17)15(8,3)19)11(13)14(2,18)7-5-9(13)16/h8,10-11,18-19H,4-7H2,1-3H3/t8-,10-,11?,13+,14+,15+/m1/s1. The van der Waals surface area contributed by atoms with Crippen molar-refractivity contribution in [3.63, 3.8) is 0 Å². The van der Waals surface area contributed by atoms with Crippen molar-refractivity contribution in [3.05, 3.63) is 0 Å². The van der Waals surface area contributed by atoms with Crippen LogP contribution in [0.1, 0.15) is 46.5 Å². The van der Waals surface area contributed by atoms with Gasteiger partial charge in [-0.1, -0.05) is 6.92 Å². The van der Waals surface area contributed by atoms with E-state index in [1.54, 1.807) is 6.92 Å². The van der Waals surface area contributed by atoms with Crippen molar-refractivity contribution in [2.45, 2.75) is 63.8 Å². The molecule has 1 saturated heterocycles. The number of ether oxygens (including phenoxy) is 1. The Morgan fingerprint density at radius 1 is 1.15 bits per heavy atom. The van der Waals surface area contributed by atoms with Crippen molar-refractivity contribution in [1.82, 2.24) is 0 Å². The van der Waals surface area contributed by atoms with E-state index in [1.807, 2.05) is 6.92 Å². The zero-order valence-corrected chi connectivity index (χ0v) is 12.2. The quantitative estimate of drug-likeness (QED) is 0.642. The number of hydrogen-bond donors (Lipinski definition) is 2. The van der Waals surface area contributed by atoms with Crippen LogP contribution in [0.4, 0.5) is 0 Å². The molecule has 0 bridgehead atoms. The Morgan fingerprint density at radius 2 is 1.80 bits per heavy atom. The molecule has 6 atom stereocenters. The van der Waals surface area contributed by atoms with Crippen LogP contribution in [-0.2, 0) is 14.3 Å². The van der Waals surface area contributed by atoms with Gasteiger partial charge in [-0.2, -0.15) is 0 Å². The fraction of sp³-hybridized carbons (Fsp3) is 0.867. The third-order valence-corrected chi connectivity index (χ3v) is 5.93. The number of carbonyl (C=O) groups excluding carboxylic acids is 2. The van der Waals surface area contributed by atoms with Gasteiger partial charge >= 0.3 is 5.97 Å². The smallest absolute Gasteiger partial charge is 0.338 e. The first-order valence-electron chi connectivity index (χ1n) is 7.30. The molecule has 112 valence electrons. The minimum Gasteiger partial charge on any atom is -0.459 e. The molecule has 2 aliphatic carbocycles.